The Hall–Kier alpha value is -1.69. The number of benzene rings is 2. The Morgan fingerprint density at radius 2 is 1.64 bits per heavy atom. The van der Waals surface area contributed by atoms with Gasteiger partial charge in [-0.3, -0.25) is 0 Å². The van der Waals surface area contributed by atoms with Gasteiger partial charge in [0.2, 0.25) is 10.0 Å². The summed E-state index contributed by atoms with van der Waals surface area (Å²) in [4.78, 5) is 0.285. The highest BCUT2D eigenvalue weighted by Crippen LogP contribution is 2.10. The van der Waals surface area contributed by atoms with Crippen LogP contribution in [-0.4, -0.2) is 21.6 Å². The van der Waals surface area contributed by atoms with Crippen molar-refractivity contribution in [1.82, 2.24) is 4.72 Å². The molecule has 0 aromatic heterocycles. The van der Waals surface area contributed by atoms with Crippen molar-refractivity contribution < 1.29 is 13.2 Å². The van der Waals surface area contributed by atoms with Gasteiger partial charge in [0.15, 0.2) is 0 Å². The molecule has 0 saturated heterocycles. The molecule has 0 saturated carbocycles. The summed E-state index contributed by atoms with van der Waals surface area (Å²) in [5.41, 5.74) is 2.19. The quantitative estimate of drug-likeness (QED) is 0.761. The fourth-order valence-electron chi connectivity index (χ4n) is 2.00. The predicted octanol–water partition coefficient (Wildman–Crippen LogP) is 2.74. The van der Waals surface area contributed by atoms with Crippen LogP contribution in [0.4, 0.5) is 0 Å². The van der Waals surface area contributed by atoms with Gasteiger partial charge in [-0.25, -0.2) is 13.1 Å². The summed E-state index contributed by atoms with van der Waals surface area (Å²) in [7, 11) is -3.46. The van der Waals surface area contributed by atoms with Gasteiger partial charge in [0.1, 0.15) is 0 Å². The van der Waals surface area contributed by atoms with Crippen molar-refractivity contribution in [2.75, 3.05) is 13.2 Å². The summed E-state index contributed by atoms with van der Waals surface area (Å²) < 4.78 is 32.2. The van der Waals surface area contributed by atoms with Gasteiger partial charge >= 0.3 is 0 Å². The fourth-order valence-corrected chi connectivity index (χ4v) is 3.01. The molecule has 1 N–H and O–H groups in total. The molecule has 0 bridgehead atoms. The van der Waals surface area contributed by atoms with Gasteiger partial charge in [-0.15, -0.1) is 0 Å². The van der Waals surface area contributed by atoms with Gasteiger partial charge in [0.05, 0.1) is 18.1 Å². The van der Waals surface area contributed by atoms with Crippen molar-refractivity contribution in [2.24, 2.45) is 0 Å². The van der Waals surface area contributed by atoms with E-state index in [4.69, 9.17) is 4.74 Å². The molecule has 0 aliphatic heterocycles. The maximum absolute atomic E-state index is 12.1. The molecule has 0 unspecified atom stereocenters. The summed E-state index contributed by atoms with van der Waals surface area (Å²) in [6.07, 6.45) is 0.890. The number of aryl methyl sites for hydroxylation is 1. The zero-order chi connectivity index (χ0) is 15.8. The number of ether oxygens (including phenoxy) is 1. The summed E-state index contributed by atoms with van der Waals surface area (Å²) in [5, 5.41) is 0. The Morgan fingerprint density at radius 3 is 2.27 bits per heavy atom. The predicted molar refractivity (Wildman–Crippen MR) is 87.1 cm³/mol. The molecule has 2 rings (SSSR count). The Bertz CT molecular complexity index is 667. The average Bonchev–Trinajstić information content (AvgIpc) is 2.55. The molecule has 2 aromatic rings. The average molecular weight is 319 g/mol. The summed E-state index contributed by atoms with van der Waals surface area (Å²) in [6, 6.07) is 16.7. The van der Waals surface area contributed by atoms with Gasteiger partial charge in [0.25, 0.3) is 0 Å². The van der Waals surface area contributed by atoms with Crippen molar-refractivity contribution in [1.29, 1.82) is 0 Å². The smallest absolute Gasteiger partial charge is 0.240 e. The molecule has 22 heavy (non-hydrogen) atoms. The van der Waals surface area contributed by atoms with E-state index < -0.39 is 10.0 Å². The molecule has 0 spiro atoms. The van der Waals surface area contributed by atoms with Crippen molar-refractivity contribution in [3.8, 4) is 0 Å². The first-order valence-electron chi connectivity index (χ1n) is 7.32. The van der Waals surface area contributed by atoms with E-state index in [0.29, 0.717) is 13.2 Å². The molecule has 5 heteroatoms. The standard InChI is InChI=1S/C17H21NO3S/c1-2-15-8-10-17(11-9-15)22(19,20)18-12-13-21-14-16-6-4-3-5-7-16/h3-11,18H,2,12-14H2,1H3. The van der Waals surface area contributed by atoms with E-state index in [1.807, 2.05) is 49.4 Å². The van der Waals surface area contributed by atoms with E-state index in [9.17, 15) is 8.42 Å². The van der Waals surface area contributed by atoms with Gasteiger partial charge in [0, 0.05) is 6.54 Å². The zero-order valence-electron chi connectivity index (χ0n) is 12.7. The number of sulfonamides is 1. The molecule has 0 fully saturated rings. The van der Waals surface area contributed by atoms with E-state index >= 15 is 0 Å². The van der Waals surface area contributed by atoms with Crippen LogP contribution < -0.4 is 4.72 Å². The lowest BCUT2D eigenvalue weighted by Crippen LogP contribution is -2.27. The third-order valence-electron chi connectivity index (χ3n) is 3.29. The maximum atomic E-state index is 12.1. The molecular weight excluding hydrogens is 298 g/mol. The van der Waals surface area contributed by atoms with Crippen molar-refractivity contribution in [3.63, 3.8) is 0 Å². The Balaban J connectivity index is 1.77. The van der Waals surface area contributed by atoms with Crippen molar-refractivity contribution in [3.05, 3.63) is 65.7 Å². The third-order valence-corrected chi connectivity index (χ3v) is 4.77. The normalized spacial score (nSPS) is 11.5. The number of hydrogen-bond donors (Lipinski definition) is 1. The third kappa shape index (κ3) is 4.94. The minimum absolute atomic E-state index is 0.255. The van der Waals surface area contributed by atoms with Crippen LogP contribution in [0, 0.1) is 0 Å². The molecule has 0 aliphatic rings. The molecule has 0 radical (unpaired) electrons. The maximum Gasteiger partial charge on any atom is 0.240 e. The number of hydrogen-bond acceptors (Lipinski definition) is 3. The fraction of sp³-hybridized carbons (Fsp3) is 0.294. The van der Waals surface area contributed by atoms with Crippen LogP contribution in [0.25, 0.3) is 0 Å². The lowest BCUT2D eigenvalue weighted by molar-refractivity contribution is 0.126. The van der Waals surface area contributed by atoms with E-state index in [0.717, 1.165) is 17.5 Å². The Kier molecular flexibility index (Phi) is 6.12. The summed E-state index contributed by atoms with van der Waals surface area (Å²) >= 11 is 0. The van der Waals surface area contributed by atoms with Crippen LogP contribution in [0.15, 0.2) is 59.5 Å². The highest BCUT2D eigenvalue weighted by Gasteiger charge is 2.12. The lowest BCUT2D eigenvalue weighted by atomic mass is 10.2. The van der Waals surface area contributed by atoms with E-state index in [2.05, 4.69) is 4.72 Å². The molecule has 0 aliphatic carbocycles. The first-order chi connectivity index (χ1) is 10.6. The van der Waals surface area contributed by atoms with E-state index in [-0.39, 0.29) is 11.4 Å². The van der Waals surface area contributed by atoms with E-state index in [1.54, 1.807) is 12.1 Å². The minimum Gasteiger partial charge on any atom is -0.375 e. The zero-order valence-corrected chi connectivity index (χ0v) is 13.5. The monoisotopic (exact) mass is 319 g/mol. The first kappa shape index (κ1) is 16.7. The van der Waals surface area contributed by atoms with Crippen LogP contribution in [0.2, 0.25) is 0 Å². The van der Waals surface area contributed by atoms with Crippen molar-refractivity contribution >= 4 is 10.0 Å². The highest BCUT2D eigenvalue weighted by atomic mass is 32.2. The van der Waals surface area contributed by atoms with Crippen LogP contribution in [0.3, 0.4) is 0 Å². The molecule has 2 aromatic carbocycles. The molecule has 0 heterocycles. The van der Waals surface area contributed by atoms with Crippen LogP contribution in [-0.2, 0) is 27.8 Å². The van der Waals surface area contributed by atoms with Crippen molar-refractivity contribution in [2.45, 2.75) is 24.8 Å². The Morgan fingerprint density at radius 1 is 0.955 bits per heavy atom. The minimum atomic E-state index is -3.46. The van der Waals surface area contributed by atoms with Gasteiger partial charge in [-0.05, 0) is 29.7 Å². The molecular formula is C17H21NO3S. The molecule has 0 atom stereocenters. The van der Waals surface area contributed by atoms with Gasteiger partial charge < -0.3 is 4.74 Å². The Labute approximate surface area is 132 Å². The molecule has 4 nitrogen and oxygen atoms in total. The second-order valence-electron chi connectivity index (χ2n) is 4.93. The van der Waals surface area contributed by atoms with E-state index in [1.165, 1.54) is 0 Å². The number of nitrogens with one attached hydrogen (secondary N) is 1. The van der Waals surface area contributed by atoms with Gasteiger partial charge in [-0.2, -0.15) is 0 Å². The molecule has 0 amide bonds. The first-order valence-corrected chi connectivity index (χ1v) is 8.80. The summed E-state index contributed by atoms with van der Waals surface area (Å²) in [5.74, 6) is 0. The highest BCUT2D eigenvalue weighted by molar-refractivity contribution is 7.89. The largest absolute Gasteiger partial charge is 0.375 e. The topological polar surface area (TPSA) is 55.4 Å². The SMILES string of the molecule is CCc1ccc(S(=O)(=O)NCCOCc2ccccc2)cc1. The summed E-state index contributed by atoms with van der Waals surface area (Å²) in [6.45, 7) is 3.10. The second kappa shape index (κ2) is 8.08. The van der Waals surface area contributed by atoms with Crippen LogP contribution >= 0.6 is 0 Å². The van der Waals surface area contributed by atoms with Gasteiger partial charge in [-0.1, -0.05) is 49.4 Å². The second-order valence-corrected chi connectivity index (χ2v) is 6.70. The lowest BCUT2D eigenvalue weighted by Gasteiger charge is -2.08. The van der Waals surface area contributed by atoms with Crippen LogP contribution in [0.5, 0.6) is 0 Å². The van der Waals surface area contributed by atoms with Crippen LogP contribution in [0.1, 0.15) is 18.1 Å². The molecule has 118 valence electrons. The number of rotatable bonds is 8.